The molecule has 2 aliphatic heterocycles. The van der Waals surface area contributed by atoms with Crippen LogP contribution >= 0.6 is 15.9 Å². The zero-order valence-electron chi connectivity index (χ0n) is 33.5. The lowest BCUT2D eigenvalue weighted by atomic mass is 9.82. The van der Waals surface area contributed by atoms with E-state index in [1.165, 1.54) is 4.68 Å². The van der Waals surface area contributed by atoms with Crippen LogP contribution in [-0.4, -0.2) is 66.0 Å². The zero-order valence-corrected chi connectivity index (χ0v) is 36.1. The minimum absolute atomic E-state index is 0.0440. The normalized spacial score (nSPS) is 20.0. The van der Waals surface area contributed by atoms with Crippen LogP contribution < -0.4 is 20.4 Å². The first-order valence-corrected chi connectivity index (χ1v) is 23.8. The summed E-state index contributed by atoms with van der Waals surface area (Å²) in [7, 11) is -0.903. The number of halogens is 1. The molecule has 1 aromatic heterocycles. The van der Waals surface area contributed by atoms with Gasteiger partial charge in [-0.2, -0.15) is 9.78 Å². The van der Waals surface area contributed by atoms with Crippen LogP contribution in [0.5, 0.6) is 5.75 Å². The van der Waals surface area contributed by atoms with E-state index >= 15 is 4.79 Å². The van der Waals surface area contributed by atoms with E-state index in [1.807, 2.05) is 103 Å². The van der Waals surface area contributed by atoms with Crippen molar-refractivity contribution < 1.29 is 24.2 Å². The van der Waals surface area contributed by atoms with Crippen LogP contribution in [0.4, 0.5) is 5.69 Å². The summed E-state index contributed by atoms with van der Waals surface area (Å²) in [6.45, 7) is 7.25. The number of nitrogens with zero attached hydrogens (tertiary/aromatic N) is 4. The number of hydrogen-bond acceptors (Lipinski definition) is 7. The van der Waals surface area contributed by atoms with Gasteiger partial charge in [0.05, 0.1) is 63.8 Å². The van der Waals surface area contributed by atoms with Crippen LogP contribution in [0, 0.1) is 5.92 Å². The summed E-state index contributed by atoms with van der Waals surface area (Å²) in [5.74, 6) is 0.0822. The molecule has 3 heterocycles. The lowest BCUT2D eigenvalue weighted by Gasteiger charge is -2.37. The second-order valence-electron chi connectivity index (χ2n) is 16.1. The maximum absolute atomic E-state index is 15.5. The molecule has 1 N–H and O–H groups in total. The predicted octanol–water partition coefficient (Wildman–Crippen LogP) is 7.33. The van der Waals surface area contributed by atoms with Crippen molar-refractivity contribution in [2.24, 2.45) is 5.92 Å². The number of aliphatic hydroxyl groups is 1. The number of aliphatic hydroxyl groups excluding tert-OH is 1. The van der Waals surface area contributed by atoms with Crippen LogP contribution in [0.15, 0.2) is 137 Å². The minimum atomic E-state index is -2.55. The van der Waals surface area contributed by atoms with Gasteiger partial charge < -0.3 is 24.4 Å². The van der Waals surface area contributed by atoms with E-state index in [-0.39, 0.29) is 54.9 Å². The molecule has 6 aromatic rings. The molecule has 0 aliphatic carbocycles. The number of carbonyl (C=O) groups is 2. The highest BCUT2D eigenvalue weighted by atomic mass is 79.9. The molecule has 1 saturated heterocycles. The Morgan fingerprint density at radius 1 is 0.932 bits per heavy atom. The zero-order chi connectivity index (χ0) is 41.5. The number of anilines is 1. The largest absolute Gasteiger partial charge is 0.497 e. The van der Waals surface area contributed by atoms with E-state index in [0.29, 0.717) is 17.6 Å². The minimum Gasteiger partial charge on any atom is -0.497 e. The lowest BCUT2D eigenvalue weighted by Crippen LogP contribution is -2.52. The molecule has 12 heteroatoms. The summed E-state index contributed by atoms with van der Waals surface area (Å²) in [5, 5.41) is 17.0. The van der Waals surface area contributed by atoms with Crippen molar-refractivity contribution in [3.63, 3.8) is 0 Å². The van der Waals surface area contributed by atoms with Crippen LogP contribution in [0.1, 0.15) is 30.0 Å². The number of methoxy groups -OCH3 is 1. The van der Waals surface area contributed by atoms with Crippen LogP contribution in [0.2, 0.25) is 18.6 Å². The molecule has 2 aliphatic rings. The first-order valence-electron chi connectivity index (χ1n) is 19.9. The van der Waals surface area contributed by atoms with Gasteiger partial charge >= 0.3 is 0 Å². The van der Waals surface area contributed by atoms with Gasteiger partial charge in [0.2, 0.25) is 5.91 Å². The van der Waals surface area contributed by atoms with Gasteiger partial charge in [0, 0.05) is 34.4 Å². The second-order valence-corrected chi connectivity index (χ2v) is 21.7. The van der Waals surface area contributed by atoms with Crippen molar-refractivity contribution in [3.8, 4) is 11.4 Å². The van der Waals surface area contributed by atoms with Gasteiger partial charge in [-0.3, -0.25) is 14.4 Å². The monoisotopic (exact) mass is 870 g/mol. The Bertz CT molecular complexity index is 2580. The number of amides is 2. The Morgan fingerprint density at radius 2 is 1.66 bits per heavy atom. The molecule has 0 unspecified atom stereocenters. The van der Waals surface area contributed by atoms with E-state index in [1.54, 1.807) is 29.2 Å². The highest BCUT2D eigenvalue weighted by Crippen LogP contribution is 2.60. The first-order chi connectivity index (χ1) is 28.5. The first kappa shape index (κ1) is 40.4. The molecule has 302 valence electrons. The van der Waals surface area contributed by atoms with Crippen LogP contribution in [-0.2, 0) is 33.0 Å². The van der Waals surface area contributed by atoms with Crippen molar-refractivity contribution in [1.82, 2.24) is 14.7 Å². The fourth-order valence-corrected chi connectivity index (χ4v) is 13.8. The Balaban J connectivity index is 1.18. The summed E-state index contributed by atoms with van der Waals surface area (Å²) in [5.41, 5.74) is 2.07. The maximum Gasteiger partial charge on any atom is 0.279 e. The van der Waals surface area contributed by atoms with Gasteiger partial charge in [-0.1, -0.05) is 114 Å². The summed E-state index contributed by atoms with van der Waals surface area (Å²) in [4.78, 5) is 46.9. The Labute approximate surface area is 353 Å². The fourth-order valence-electron chi connectivity index (χ4n) is 9.40. The lowest BCUT2D eigenvalue weighted by molar-refractivity contribution is -0.150. The van der Waals surface area contributed by atoms with Crippen LogP contribution in [0.25, 0.3) is 16.5 Å². The summed E-state index contributed by atoms with van der Waals surface area (Å²) >= 11 is 3.70. The number of ether oxygens (including phenoxy) is 2. The average molecular weight is 872 g/mol. The molecule has 59 heavy (non-hydrogen) atoms. The third-order valence-electron chi connectivity index (χ3n) is 12.3. The van der Waals surface area contributed by atoms with Gasteiger partial charge in [-0.25, -0.2) is 0 Å². The van der Waals surface area contributed by atoms with Gasteiger partial charge in [-0.15, -0.1) is 0 Å². The number of hydrogen-bond donors (Lipinski definition) is 1. The van der Waals surface area contributed by atoms with Crippen molar-refractivity contribution in [3.05, 3.63) is 159 Å². The van der Waals surface area contributed by atoms with E-state index < -0.39 is 19.8 Å². The predicted molar refractivity (Wildman–Crippen MR) is 236 cm³/mol. The SMILES string of the molecule is COc1ccc([Si](C)(C)[C@@H]2[C@@H](CC(=O)N(CCO)Cc3ccccc3)O[C@]3(C(=O)N(Cc4cccc(-n5ncc6ccccc6c5=O)c4)c4ccc(Br)cc43)[C@H]2C)cc1. The van der Waals surface area contributed by atoms with Gasteiger partial charge in [0.1, 0.15) is 5.75 Å². The highest BCUT2D eigenvalue weighted by Gasteiger charge is 2.66. The van der Waals surface area contributed by atoms with E-state index in [2.05, 4.69) is 53.2 Å². The average Bonchev–Trinajstić information content (AvgIpc) is 3.66. The molecule has 1 spiro atoms. The second kappa shape index (κ2) is 16.3. The van der Waals surface area contributed by atoms with Crippen LogP contribution in [0.3, 0.4) is 0 Å². The van der Waals surface area contributed by atoms with E-state index in [4.69, 9.17) is 9.47 Å². The van der Waals surface area contributed by atoms with Gasteiger partial charge in [0.15, 0.2) is 5.60 Å². The number of aromatic nitrogens is 2. The Hall–Kier alpha value is -5.40. The van der Waals surface area contributed by atoms with Crippen molar-refractivity contribution in [2.45, 2.75) is 56.8 Å². The fraction of sp³-hybridized carbons (Fsp3) is 0.277. The molecule has 4 atom stereocenters. The molecule has 10 nitrogen and oxygen atoms in total. The topological polar surface area (TPSA) is 114 Å². The summed E-state index contributed by atoms with van der Waals surface area (Å²) in [6, 6.07) is 38.6. The summed E-state index contributed by atoms with van der Waals surface area (Å²) in [6.07, 6.45) is 1.12. The third-order valence-corrected chi connectivity index (χ3v) is 17.2. The quantitative estimate of drug-likeness (QED) is 0.128. The van der Waals surface area contributed by atoms with E-state index in [0.717, 1.165) is 43.2 Å². The smallest absolute Gasteiger partial charge is 0.279 e. The van der Waals surface area contributed by atoms with Crippen molar-refractivity contribution in [1.29, 1.82) is 0 Å². The molecule has 8 rings (SSSR count). The molecule has 0 radical (unpaired) electrons. The third kappa shape index (κ3) is 7.32. The molecular weight excluding hydrogens is 825 g/mol. The molecular formula is C47H47BrN4O6Si. The molecule has 0 bridgehead atoms. The van der Waals surface area contributed by atoms with Gasteiger partial charge in [0.25, 0.3) is 11.5 Å². The molecule has 1 fully saturated rings. The van der Waals surface area contributed by atoms with Gasteiger partial charge in [-0.05, 0) is 65.2 Å². The maximum atomic E-state index is 15.5. The number of rotatable bonds is 12. The van der Waals surface area contributed by atoms with Crippen molar-refractivity contribution >= 4 is 57.5 Å². The molecule has 0 saturated carbocycles. The van der Waals surface area contributed by atoms with Crippen molar-refractivity contribution in [2.75, 3.05) is 25.2 Å². The number of fused-ring (bicyclic) bond motifs is 3. The highest BCUT2D eigenvalue weighted by molar-refractivity contribution is 9.10. The standard InChI is InChI=1S/C47H47BrN4O6Si/c1-31-44(59(3,4)38-20-18-37(57-2)19-21-38)42(27-43(54)50(23-24-53)29-32-11-6-5-7-12-32)58-47(31)40-26-35(48)17-22-41(40)51(46(47)56)30-33-13-10-15-36(25-33)52-45(55)39-16-9-8-14-34(39)28-49-52/h5-22,25-26,28,31,42,44,53H,23-24,27,29-30H2,1-4H3/t31-,42+,44-,47+/m0/s1. The molecule has 5 aromatic carbocycles. The molecule has 2 amide bonds. The number of carbonyl (C=O) groups excluding carboxylic acids is 2. The van der Waals surface area contributed by atoms with E-state index in [9.17, 15) is 14.7 Å². The Morgan fingerprint density at radius 3 is 2.41 bits per heavy atom. The number of benzene rings is 5. The summed E-state index contributed by atoms with van der Waals surface area (Å²) < 4.78 is 15.0. The Kier molecular flexibility index (Phi) is 11.2.